The second-order valence-corrected chi connectivity index (χ2v) is 5.11. The van der Waals surface area contributed by atoms with Gasteiger partial charge in [-0.3, -0.25) is 9.63 Å². The first kappa shape index (κ1) is 12.9. The Morgan fingerprint density at radius 1 is 1.50 bits per heavy atom. The molecule has 0 saturated carbocycles. The molecule has 0 saturated heterocycles. The highest BCUT2D eigenvalue weighted by Crippen LogP contribution is 2.24. The third kappa shape index (κ3) is 3.23. The number of benzene rings is 1. The number of hydrogen-bond donors (Lipinski definition) is 2. The minimum Gasteiger partial charge on any atom is -0.384 e. The molecule has 1 aromatic carbocycles. The molecule has 1 aromatic rings. The summed E-state index contributed by atoms with van der Waals surface area (Å²) in [6.07, 6.45) is 0.764. The lowest BCUT2D eigenvalue weighted by Gasteiger charge is -2.25. The minimum atomic E-state index is -0.0629. The van der Waals surface area contributed by atoms with E-state index in [-0.39, 0.29) is 11.8 Å². The average Bonchev–Trinajstić information content (AvgIpc) is 2.37. The minimum absolute atomic E-state index is 0.0438. The van der Waals surface area contributed by atoms with E-state index in [1.165, 1.54) is 5.56 Å². The van der Waals surface area contributed by atoms with Crippen molar-refractivity contribution in [2.45, 2.75) is 20.3 Å². The van der Waals surface area contributed by atoms with Crippen molar-refractivity contribution in [3.05, 3.63) is 29.8 Å². The maximum atomic E-state index is 11.9. The molecule has 0 fully saturated rings. The third-order valence-electron chi connectivity index (χ3n) is 2.98. The van der Waals surface area contributed by atoms with Gasteiger partial charge >= 0.3 is 0 Å². The van der Waals surface area contributed by atoms with Gasteiger partial charge < -0.3 is 5.32 Å². The molecule has 1 heterocycles. The first-order chi connectivity index (χ1) is 8.66. The van der Waals surface area contributed by atoms with Gasteiger partial charge in [-0.25, -0.2) is 5.48 Å². The number of hydroxylamine groups is 1. The summed E-state index contributed by atoms with van der Waals surface area (Å²) in [4.78, 5) is 17.1. The molecule has 4 nitrogen and oxygen atoms in total. The summed E-state index contributed by atoms with van der Waals surface area (Å²) in [7, 11) is 0. The van der Waals surface area contributed by atoms with Gasteiger partial charge in [-0.05, 0) is 24.0 Å². The number of anilines is 1. The van der Waals surface area contributed by atoms with E-state index < -0.39 is 0 Å². The van der Waals surface area contributed by atoms with Gasteiger partial charge in [-0.2, -0.15) is 0 Å². The number of nitrogens with one attached hydrogen (secondary N) is 2. The van der Waals surface area contributed by atoms with Crippen LogP contribution in [0.15, 0.2) is 24.3 Å². The maximum Gasteiger partial charge on any atom is 0.248 e. The summed E-state index contributed by atoms with van der Waals surface area (Å²) in [6.45, 7) is 5.30. The molecule has 2 rings (SSSR count). The standard InChI is InChI=1S/C14H20N2O2/c1-10(2)9-18-16-14(17)12-7-11-5-3-4-6-13(11)15-8-12/h3-6,10,12,15H,7-9H2,1-2H3,(H,16,17). The molecule has 1 amide bonds. The van der Waals surface area contributed by atoms with Gasteiger partial charge in [-0.1, -0.05) is 32.0 Å². The number of carbonyl (C=O) groups excluding carboxylic acids is 1. The molecule has 0 radical (unpaired) electrons. The molecule has 1 unspecified atom stereocenters. The molecular formula is C14H20N2O2. The van der Waals surface area contributed by atoms with Crippen LogP contribution in [0.1, 0.15) is 19.4 Å². The Hall–Kier alpha value is -1.55. The molecule has 0 aromatic heterocycles. The van der Waals surface area contributed by atoms with Crippen LogP contribution in [0, 0.1) is 11.8 Å². The molecule has 0 aliphatic carbocycles. The van der Waals surface area contributed by atoms with Gasteiger partial charge in [0.15, 0.2) is 0 Å². The molecule has 0 spiro atoms. The lowest BCUT2D eigenvalue weighted by atomic mass is 9.93. The zero-order valence-corrected chi connectivity index (χ0v) is 10.9. The lowest BCUT2D eigenvalue weighted by Crippen LogP contribution is -2.38. The van der Waals surface area contributed by atoms with Crippen LogP contribution in [-0.2, 0) is 16.1 Å². The second-order valence-electron chi connectivity index (χ2n) is 5.11. The van der Waals surface area contributed by atoms with Gasteiger partial charge in [0.1, 0.15) is 0 Å². The second kappa shape index (κ2) is 5.87. The van der Waals surface area contributed by atoms with Gasteiger partial charge in [0, 0.05) is 12.2 Å². The van der Waals surface area contributed by atoms with E-state index in [1.54, 1.807) is 0 Å². The van der Waals surface area contributed by atoms with Crippen LogP contribution >= 0.6 is 0 Å². The summed E-state index contributed by atoms with van der Waals surface area (Å²) in [5.74, 6) is 0.306. The third-order valence-corrected chi connectivity index (χ3v) is 2.98. The molecule has 18 heavy (non-hydrogen) atoms. The highest BCUT2D eigenvalue weighted by molar-refractivity contribution is 5.79. The van der Waals surface area contributed by atoms with Gasteiger partial charge in [0.25, 0.3) is 0 Å². The van der Waals surface area contributed by atoms with Gasteiger partial charge in [0.05, 0.1) is 12.5 Å². The van der Waals surface area contributed by atoms with E-state index in [0.717, 1.165) is 12.1 Å². The smallest absolute Gasteiger partial charge is 0.248 e. The first-order valence-electron chi connectivity index (χ1n) is 6.40. The van der Waals surface area contributed by atoms with Crippen molar-refractivity contribution >= 4 is 11.6 Å². The number of hydrogen-bond acceptors (Lipinski definition) is 3. The van der Waals surface area contributed by atoms with E-state index >= 15 is 0 Å². The highest BCUT2D eigenvalue weighted by Gasteiger charge is 2.24. The van der Waals surface area contributed by atoms with E-state index in [9.17, 15) is 4.79 Å². The summed E-state index contributed by atoms with van der Waals surface area (Å²) >= 11 is 0. The quantitative estimate of drug-likeness (QED) is 0.801. The Bertz CT molecular complexity index is 418. The number of rotatable bonds is 4. The monoisotopic (exact) mass is 248 g/mol. The van der Waals surface area contributed by atoms with Crippen LogP contribution in [0.5, 0.6) is 0 Å². The van der Waals surface area contributed by atoms with Crippen molar-refractivity contribution in [3.63, 3.8) is 0 Å². The van der Waals surface area contributed by atoms with Crippen molar-refractivity contribution in [2.24, 2.45) is 11.8 Å². The van der Waals surface area contributed by atoms with Crippen molar-refractivity contribution in [3.8, 4) is 0 Å². The normalized spacial score (nSPS) is 18.1. The number of carbonyl (C=O) groups is 1. The van der Waals surface area contributed by atoms with Crippen molar-refractivity contribution in [1.29, 1.82) is 0 Å². The molecule has 1 aliphatic heterocycles. The first-order valence-corrected chi connectivity index (χ1v) is 6.40. The number of amides is 1. The fraction of sp³-hybridized carbons (Fsp3) is 0.500. The van der Waals surface area contributed by atoms with Crippen molar-refractivity contribution in [1.82, 2.24) is 5.48 Å². The molecule has 0 bridgehead atoms. The molecule has 1 aliphatic rings. The maximum absolute atomic E-state index is 11.9. The topological polar surface area (TPSA) is 50.4 Å². The highest BCUT2D eigenvalue weighted by atomic mass is 16.6. The Morgan fingerprint density at radius 3 is 3.06 bits per heavy atom. The van der Waals surface area contributed by atoms with Crippen LogP contribution in [0.25, 0.3) is 0 Å². The van der Waals surface area contributed by atoms with Crippen LogP contribution < -0.4 is 10.8 Å². The van der Waals surface area contributed by atoms with Crippen LogP contribution in [0.3, 0.4) is 0 Å². The van der Waals surface area contributed by atoms with Gasteiger partial charge in [0.2, 0.25) is 5.91 Å². The molecule has 2 N–H and O–H groups in total. The van der Waals surface area contributed by atoms with Crippen molar-refractivity contribution < 1.29 is 9.63 Å². The predicted molar refractivity (Wildman–Crippen MR) is 71.1 cm³/mol. The predicted octanol–water partition coefficient (Wildman–Crippen LogP) is 1.97. The van der Waals surface area contributed by atoms with Crippen LogP contribution in [-0.4, -0.2) is 19.1 Å². The Kier molecular flexibility index (Phi) is 4.20. The van der Waals surface area contributed by atoms with E-state index in [0.29, 0.717) is 19.1 Å². The van der Waals surface area contributed by atoms with E-state index in [4.69, 9.17) is 4.84 Å². The summed E-state index contributed by atoms with van der Waals surface area (Å²) in [5, 5.41) is 3.28. The zero-order valence-electron chi connectivity index (χ0n) is 10.9. The molecular weight excluding hydrogens is 228 g/mol. The van der Waals surface area contributed by atoms with E-state index in [2.05, 4.69) is 16.9 Å². The Balaban J connectivity index is 1.87. The molecule has 4 heteroatoms. The fourth-order valence-corrected chi connectivity index (χ4v) is 1.99. The Labute approximate surface area is 108 Å². The molecule has 98 valence electrons. The molecule has 1 atom stereocenters. The SMILES string of the molecule is CC(C)CONC(=O)C1CNc2ccccc2C1. The average molecular weight is 248 g/mol. The summed E-state index contributed by atoms with van der Waals surface area (Å²) < 4.78 is 0. The lowest BCUT2D eigenvalue weighted by molar-refractivity contribution is -0.138. The number of fused-ring (bicyclic) bond motifs is 1. The summed E-state index contributed by atoms with van der Waals surface area (Å²) in [6, 6.07) is 8.09. The van der Waals surface area contributed by atoms with E-state index in [1.807, 2.05) is 32.0 Å². The Morgan fingerprint density at radius 2 is 2.28 bits per heavy atom. The zero-order chi connectivity index (χ0) is 13.0. The largest absolute Gasteiger partial charge is 0.384 e. The number of para-hydroxylation sites is 1. The van der Waals surface area contributed by atoms with Crippen molar-refractivity contribution in [2.75, 3.05) is 18.5 Å². The fourth-order valence-electron chi connectivity index (χ4n) is 1.99. The van der Waals surface area contributed by atoms with Crippen LogP contribution in [0.4, 0.5) is 5.69 Å². The van der Waals surface area contributed by atoms with Gasteiger partial charge in [-0.15, -0.1) is 0 Å². The van der Waals surface area contributed by atoms with Crippen LogP contribution in [0.2, 0.25) is 0 Å². The summed E-state index contributed by atoms with van der Waals surface area (Å²) in [5.41, 5.74) is 4.85.